The first-order chi connectivity index (χ1) is 9.65. The average Bonchev–Trinajstić information content (AvgIpc) is 2.91. The van der Waals surface area contributed by atoms with Gasteiger partial charge >= 0.3 is 0 Å². The number of fused-ring (bicyclic) bond motifs is 1. The second-order valence-corrected chi connectivity index (χ2v) is 4.93. The smallest absolute Gasteiger partial charge is 0.165 e. The summed E-state index contributed by atoms with van der Waals surface area (Å²) in [7, 11) is 0. The molecule has 0 unspecified atom stereocenters. The van der Waals surface area contributed by atoms with Crippen molar-refractivity contribution in [3.8, 4) is 11.5 Å². The Hall–Kier alpha value is -2.56. The Bertz CT molecular complexity index is 748. The van der Waals surface area contributed by atoms with E-state index < -0.39 is 0 Å². The van der Waals surface area contributed by atoms with Gasteiger partial charge in [-0.3, -0.25) is 9.67 Å². The highest BCUT2D eigenvalue weighted by molar-refractivity contribution is 5.96. The van der Waals surface area contributed by atoms with Crippen LogP contribution in [0.1, 0.15) is 19.9 Å². The minimum Gasteiger partial charge on any atom is -0.453 e. The highest BCUT2D eigenvalue weighted by Crippen LogP contribution is 2.32. The van der Waals surface area contributed by atoms with Crippen LogP contribution in [-0.2, 0) is 0 Å². The van der Waals surface area contributed by atoms with Gasteiger partial charge in [0, 0.05) is 34.9 Å². The van der Waals surface area contributed by atoms with E-state index in [9.17, 15) is 0 Å². The zero-order chi connectivity index (χ0) is 14.1. The summed E-state index contributed by atoms with van der Waals surface area (Å²) in [6.07, 6.45) is 7.06. The van der Waals surface area contributed by atoms with Gasteiger partial charge < -0.3 is 10.5 Å². The lowest BCUT2D eigenvalue weighted by atomic mass is 10.1. The summed E-state index contributed by atoms with van der Waals surface area (Å²) in [5, 5.41) is 6.09. The van der Waals surface area contributed by atoms with E-state index in [1.54, 1.807) is 18.6 Å². The van der Waals surface area contributed by atoms with Crippen LogP contribution in [0.15, 0.2) is 43.0 Å². The number of hydrogen-bond donors (Lipinski definition) is 1. The van der Waals surface area contributed by atoms with Crippen LogP contribution in [0.3, 0.4) is 0 Å². The van der Waals surface area contributed by atoms with Gasteiger partial charge in [-0.25, -0.2) is 0 Å². The third-order valence-electron chi connectivity index (χ3n) is 3.15. The molecule has 3 aromatic rings. The first kappa shape index (κ1) is 12.5. The van der Waals surface area contributed by atoms with Gasteiger partial charge in [-0.2, -0.15) is 5.10 Å². The van der Waals surface area contributed by atoms with Gasteiger partial charge in [0.15, 0.2) is 5.75 Å². The third-order valence-corrected chi connectivity index (χ3v) is 3.15. The quantitative estimate of drug-likeness (QED) is 0.739. The number of hydrogen-bond acceptors (Lipinski definition) is 4. The molecule has 102 valence electrons. The van der Waals surface area contributed by atoms with Gasteiger partial charge in [-0.1, -0.05) is 0 Å². The molecule has 0 spiro atoms. The van der Waals surface area contributed by atoms with E-state index in [1.165, 1.54) is 0 Å². The number of nitrogens with two attached hydrogens (primary N) is 1. The molecule has 0 bridgehead atoms. The van der Waals surface area contributed by atoms with E-state index in [4.69, 9.17) is 10.5 Å². The summed E-state index contributed by atoms with van der Waals surface area (Å²) in [5.74, 6) is 1.43. The van der Waals surface area contributed by atoms with E-state index in [1.807, 2.05) is 29.1 Å². The number of pyridine rings is 1. The van der Waals surface area contributed by atoms with Crippen LogP contribution in [0, 0.1) is 0 Å². The van der Waals surface area contributed by atoms with Crippen molar-refractivity contribution in [3.63, 3.8) is 0 Å². The molecule has 5 nitrogen and oxygen atoms in total. The number of nitrogen functional groups attached to an aromatic ring is 1. The minimum atomic E-state index is 0.303. The highest BCUT2D eigenvalue weighted by Gasteiger charge is 2.08. The Kier molecular flexibility index (Phi) is 3.02. The number of nitrogens with zero attached hydrogens (tertiary/aromatic N) is 3. The maximum absolute atomic E-state index is 5.96. The van der Waals surface area contributed by atoms with Gasteiger partial charge in [0.05, 0.1) is 12.4 Å². The molecule has 2 heterocycles. The van der Waals surface area contributed by atoms with Crippen LogP contribution >= 0.6 is 0 Å². The van der Waals surface area contributed by atoms with Crippen molar-refractivity contribution in [1.82, 2.24) is 14.8 Å². The van der Waals surface area contributed by atoms with Crippen molar-refractivity contribution in [3.05, 3.63) is 43.0 Å². The van der Waals surface area contributed by atoms with E-state index in [-0.39, 0.29) is 0 Å². The third kappa shape index (κ3) is 2.18. The lowest BCUT2D eigenvalue weighted by Crippen LogP contribution is -1.99. The van der Waals surface area contributed by atoms with Crippen LogP contribution in [0.2, 0.25) is 0 Å². The fraction of sp³-hybridized carbons (Fsp3) is 0.200. The minimum absolute atomic E-state index is 0.303. The predicted octanol–water partition coefficient (Wildman–Crippen LogP) is 3.39. The van der Waals surface area contributed by atoms with Crippen molar-refractivity contribution in [2.75, 3.05) is 5.73 Å². The lowest BCUT2D eigenvalue weighted by Gasteiger charge is -2.08. The Morgan fingerprint density at radius 2 is 2.00 bits per heavy atom. The number of rotatable bonds is 3. The van der Waals surface area contributed by atoms with Gasteiger partial charge in [-0.05, 0) is 32.0 Å². The second kappa shape index (κ2) is 4.85. The Labute approximate surface area is 117 Å². The molecule has 0 fully saturated rings. The number of anilines is 1. The number of aromatic nitrogens is 3. The van der Waals surface area contributed by atoms with E-state index in [0.29, 0.717) is 17.5 Å². The van der Waals surface area contributed by atoms with E-state index in [0.717, 1.165) is 16.5 Å². The number of ether oxygens (including phenoxy) is 1. The molecule has 0 aliphatic rings. The van der Waals surface area contributed by atoms with Gasteiger partial charge in [0.1, 0.15) is 5.75 Å². The van der Waals surface area contributed by atoms with E-state index in [2.05, 4.69) is 23.9 Å². The van der Waals surface area contributed by atoms with Gasteiger partial charge in [0.2, 0.25) is 0 Å². The first-order valence-corrected chi connectivity index (χ1v) is 6.49. The molecular weight excluding hydrogens is 252 g/mol. The zero-order valence-electron chi connectivity index (χ0n) is 11.4. The van der Waals surface area contributed by atoms with Crippen molar-refractivity contribution < 1.29 is 4.74 Å². The molecule has 0 radical (unpaired) electrons. The molecule has 0 aliphatic carbocycles. The van der Waals surface area contributed by atoms with Crippen LogP contribution in [-0.4, -0.2) is 14.8 Å². The highest BCUT2D eigenvalue weighted by atomic mass is 16.5. The Balaban J connectivity index is 2.00. The van der Waals surface area contributed by atoms with Gasteiger partial charge in [-0.15, -0.1) is 0 Å². The van der Waals surface area contributed by atoms with Crippen molar-refractivity contribution in [1.29, 1.82) is 0 Å². The molecule has 5 heteroatoms. The summed E-state index contributed by atoms with van der Waals surface area (Å²) in [5.41, 5.74) is 6.68. The molecule has 2 aromatic heterocycles. The summed E-state index contributed by atoms with van der Waals surface area (Å²) in [4.78, 5) is 4.13. The standard InChI is InChI=1S/C15H16N4O/c1-10(2)19-9-11(7-18-19)20-15-4-3-14(16)12-5-6-17-8-13(12)15/h3-10H,16H2,1-2H3. The fourth-order valence-electron chi connectivity index (χ4n) is 2.06. The normalized spacial score (nSPS) is 11.2. The van der Waals surface area contributed by atoms with Crippen LogP contribution in [0.4, 0.5) is 5.69 Å². The molecule has 20 heavy (non-hydrogen) atoms. The molecular formula is C15H16N4O. The summed E-state index contributed by atoms with van der Waals surface area (Å²) < 4.78 is 7.75. The van der Waals surface area contributed by atoms with Crippen molar-refractivity contribution in [2.24, 2.45) is 0 Å². The average molecular weight is 268 g/mol. The van der Waals surface area contributed by atoms with Crippen LogP contribution in [0.25, 0.3) is 10.8 Å². The first-order valence-electron chi connectivity index (χ1n) is 6.49. The predicted molar refractivity (Wildman–Crippen MR) is 78.8 cm³/mol. The maximum Gasteiger partial charge on any atom is 0.165 e. The van der Waals surface area contributed by atoms with Gasteiger partial charge in [0.25, 0.3) is 0 Å². The Morgan fingerprint density at radius 1 is 1.15 bits per heavy atom. The molecule has 3 rings (SSSR count). The molecule has 0 atom stereocenters. The largest absolute Gasteiger partial charge is 0.453 e. The maximum atomic E-state index is 5.96. The number of benzene rings is 1. The monoisotopic (exact) mass is 268 g/mol. The van der Waals surface area contributed by atoms with Crippen LogP contribution < -0.4 is 10.5 Å². The van der Waals surface area contributed by atoms with Crippen LogP contribution in [0.5, 0.6) is 11.5 Å². The van der Waals surface area contributed by atoms with E-state index >= 15 is 0 Å². The molecule has 0 saturated heterocycles. The molecule has 2 N–H and O–H groups in total. The molecule has 0 amide bonds. The SMILES string of the molecule is CC(C)n1cc(Oc2ccc(N)c3ccncc23)cn1. The lowest BCUT2D eigenvalue weighted by molar-refractivity contribution is 0.482. The summed E-state index contributed by atoms with van der Waals surface area (Å²) in [6, 6.07) is 5.88. The summed E-state index contributed by atoms with van der Waals surface area (Å²) in [6.45, 7) is 4.14. The topological polar surface area (TPSA) is 66.0 Å². The van der Waals surface area contributed by atoms with Crippen molar-refractivity contribution in [2.45, 2.75) is 19.9 Å². The molecule has 0 aliphatic heterocycles. The summed E-state index contributed by atoms with van der Waals surface area (Å²) >= 11 is 0. The fourth-order valence-corrected chi connectivity index (χ4v) is 2.06. The molecule has 0 saturated carbocycles. The van der Waals surface area contributed by atoms with Crippen molar-refractivity contribution >= 4 is 16.5 Å². The Morgan fingerprint density at radius 3 is 2.75 bits per heavy atom. The zero-order valence-corrected chi connectivity index (χ0v) is 11.4. The molecule has 1 aromatic carbocycles. The second-order valence-electron chi connectivity index (χ2n) is 4.93.